The van der Waals surface area contributed by atoms with E-state index in [-0.39, 0.29) is 6.61 Å². The standard InChI is InChI=1S/C6H14O3/c1-2-6(8)9-5-3-4-7/h6-8H,2-5H2,1H3. The van der Waals surface area contributed by atoms with Crippen molar-refractivity contribution in [1.29, 1.82) is 0 Å². The Kier molecular flexibility index (Phi) is 5.93. The van der Waals surface area contributed by atoms with Gasteiger partial charge in [-0.3, -0.25) is 0 Å². The molecular formula is C6H14O3. The summed E-state index contributed by atoms with van der Waals surface area (Å²) in [5.41, 5.74) is 0. The fourth-order valence-electron chi connectivity index (χ4n) is 0.402. The molecule has 0 bridgehead atoms. The molecule has 0 amide bonds. The van der Waals surface area contributed by atoms with Crippen molar-refractivity contribution in [3.05, 3.63) is 0 Å². The number of hydrogen-bond acceptors (Lipinski definition) is 3. The number of rotatable bonds is 5. The highest BCUT2D eigenvalue weighted by Crippen LogP contribution is 1.92. The molecule has 3 heteroatoms. The molecule has 0 saturated heterocycles. The summed E-state index contributed by atoms with van der Waals surface area (Å²) in [5, 5.41) is 17.1. The Bertz CT molecular complexity index is 56.3. The van der Waals surface area contributed by atoms with E-state index in [1.165, 1.54) is 0 Å². The molecule has 0 aromatic carbocycles. The van der Waals surface area contributed by atoms with Gasteiger partial charge in [0.1, 0.15) is 0 Å². The maximum absolute atomic E-state index is 8.78. The van der Waals surface area contributed by atoms with Crippen LogP contribution in [0.1, 0.15) is 19.8 Å². The Hall–Kier alpha value is -0.120. The predicted octanol–water partition coefficient (Wildman–Crippen LogP) is 0.114. The van der Waals surface area contributed by atoms with Crippen LogP contribution in [0.15, 0.2) is 0 Å². The zero-order valence-corrected chi connectivity index (χ0v) is 5.71. The zero-order chi connectivity index (χ0) is 7.11. The molecule has 2 N–H and O–H groups in total. The van der Waals surface area contributed by atoms with Crippen LogP contribution in [0.4, 0.5) is 0 Å². The first-order chi connectivity index (χ1) is 4.31. The second-order valence-corrected chi connectivity index (χ2v) is 1.81. The van der Waals surface area contributed by atoms with E-state index >= 15 is 0 Å². The molecule has 0 spiro atoms. The van der Waals surface area contributed by atoms with Crippen LogP contribution in [0.25, 0.3) is 0 Å². The number of hydrogen-bond donors (Lipinski definition) is 2. The quantitative estimate of drug-likeness (QED) is 0.414. The molecule has 0 aromatic rings. The predicted molar refractivity (Wildman–Crippen MR) is 34.0 cm³/mol. The van der Waals surface area contributed by atoms with Gasteiger partial charge in [-0.05, 0) is 12.8 Å². The summed E-state index contributed by atoms with van der Waals surface area (Å²) < 4.78 is 4.83. The Morgan fingerprint density at radius 2 is 2.22 bits per heavy atom. The van der Waals surface area contributed by atoms with Gasteiger partial charge in [0.05, 0.1) is 6.61 Å². The van der Waals surface area contributed by atoms with Gasteiger partial charge in [0.15, 0.2) is 6.29 Å². The Labute approximate surface area is 55.3 Å². The van der Waals surface area contributed by atoms with Gasteiger partial charge in [0, 0.05) is 6.61 Å². The molecule has 0 aromatic heterocycles. The Balaban J connectivity index is 2.88. The molecule has 0 aliphatic carbocycles. The summed E-state index contributed by atoms with van der Waals surface area (Å²) in [5.74, 6) is 0. The average molecular weight is 134 g/mol. The van der Waals surface area contributed by atoms with Crippen molar-refractivity contribution >= 4 is 0 Å². The molecule has 9 heavy (non-hydrogen) atoms. The Morgan fingerprint density at radius 1 is 1.56 bits per heavy atom. The van der Waals surface area contributed by atoms with Gasteiger partial charge in [-0.1, -0.05) is 6.92 Å². The monoisotopic (exact) mass is 134 g/mol. The molecule has 0 fully saturated rings. The van der Waals surface area contributed by atoms with E-state index in [9.17, 15) is 0 Å². The first-order valence-corrected chi connectivity index (χ1v) is 3.21. The summed E-state index contributed by atoms with van der Waals surface area (Å²) in [6, 6.07) is 0. The summed E-state index contributed by atoms with van der Waals surface area (Å²) in [4.78, 5) is 0. The zero-order valence-electron chi connectivity index (χ0n) is 5.71. The number of aliphatic hydroxyl groups excluding tert-OH is 2. The van der Waals surface area contributed by atoms with Crippen LogP contribution in [0.3, 0.4) is 0 Å². The van der Waals surface area contributed by atoms with E-state index in [2.05, 4.69) is 0 Å². The summed E-state index contributed by atoms with van der Waals surface area (Å²) >= 11 is 0. The van der Waals surface area contributed by atoms with Gasteiger partial charge in [0.2, 0.25) is 0 Å². The molecule has 56 valence electrons. The lowest BCUT2D eigenvalue weighted by Gasteiger charge is -2.07. The second-order valence-electron chi connectivity index (χ2n) is 1.81. The topological polar surface area (TPSA) is 49.7 Å². The molecule has 0 aliphatic heterocycles. The molecule has 0 rings (SSSR count). The van der Waals surface area contributed by atoms with Gasteiger partial charge in [-0.25, -0.2) is 0 Å². The first-order valence-electron chi connectivity index (χ1n) is 3.21. The molecule has 1 unspecified atom stereocenters. The van der Waals surface area contributed by atoms with Gasteiger partial charge in [0.25, 0.3) is 0 Å². The van der Waals surface area contributed by atoms with E-state index in [1.54, 1.807) is 0 Å². The smallest absolute Gasteiger partial charge is 0.154 e. The molecule has 0 radical (unpaired) electrons. The van der Waals surface area contributed by atoms with Gasteiger partial charge < -0.3 is 14.9 Å². The minimum absolute atomic E-state index is 0.121. The van der Waals surface area contributed by atoms with E-state index < -0.39 is 6.29 Å². The van der Waals surface area contributed by atoms with E-state index in [4.69, 9.17) is 14.9 Å². The average Bonchev–Trinajstić information content (AvgIpc) is 1.89. The van der Waals surface area contributed by atoms with Gasteiger partial charge in [-0.2, -0.15) is 0 Å². The molecule has 0 saturated carbocycles. The third-order valence-electron chi connectivity index (χ3n) is 0.962. The van der Waals surface area contributed by atoms with Crippen LogP contribution in [0.2, 0.25) is 0 Å². The van der Waals surface area contributed by atoms with Crippen molar-refractivity contribution in [1.82, 2.24) is 0 Å². The molecule has 3 nitrogen and oxygen atoms in total. The molecule has 0 heterocycles. The van der Waals surface area contributed by atoms with Crippen molar-refractivity contribution in [2.75, 3.05) is 13.2 Å². The van der Waals surface area contributed by atoms with Crippen LogP contribution in [-0.2, 0) is 4.74 Å². The van der Waals surface area contributed by atoms with Crippen LogP contribution >= 0.6 is 0 Å². The highest BCUT2D eigenvalue weighted by molar-refractivity contribution is 4.35. The largest absolute Gasteiger partial charge is 0.396 e. The van der Waals surface area contributed by atoms with Gasteiger partial charge in [-0.15, -0.1) is 0 Å². The molecular weight excluding hydrogens is 120 g/mol. The van der Waals surface area contributed by atoms with E-state index in [1.807, 2.05) is 6.92 Å². The number of ether oxygens (including phenoxy) is 1. The lowest BCUT2D eigenvalue weighted by molar-refractivity contribution is -0.102. The maximum atomic E-state index is 8.78. The minimum Gasteiger partial charge on any atom is -0.396 e. The van der Waals surface area contributed by atoms with Crippen LogP contribution < -0.4 is 0 Å². The van der Waals surface area contributed by atoms with Crippen LogP contribution in [0.5, 0.6) is 0 Å². The summed E-state index contributed by atoms with van der Waals surface area (Å²) in [6.45, 7) is 2.39. The van der Waals surface area contributed by atoms with Crippen molar-refractivity contribution in [3.63, 3.8) is 0 Å². The highest BCUT2D eigenvalue weighted by Gasteiger charge is 1.97. The SMILES string of the molecule is CCC(O)OCCCO. The lowest BCUT2D eigenvalue weighted by atomic mass is 10.4. The second kappa shape index (κ2) is 6.01. The fourth-order valence-corrected chi connectivity index (χ4v) is 0.402. The van der Waals surface area contributed by atoms with Crippen molar-refractivity contribution in [2.45, 2.75) is 26.1 Å². The van der Waals surface area contributed by atoms with Crippen LogP contribution in [-0.4, -0.2) is 29.7 Å². The van der Waals surface area contributed by atoms with E-state index in [0.29, 0.717) is 19.4 Å². The maximum Gasteiger partial charge on any atom is 0.154 e. The highest BCUT2D eigenvalue weighted by atomic mass is 16.6. The molecule has 1 atom stereocenters. The summed E-state index contributed by atoms with van der Waals surface area (Å²) in [6.07, 6.45) is 0.541. The minimum atomic E-state index is -0.656. The summed E-state index contributed by atoms with van der Waals surface area (Å²) in [7, 11) is 0. The van der Waals surface area contributed by atoms with Gasteiger partial charge >= 0.3 is 0 Å². The lowest BCUT2D eigenvalue weighted by Crippen LogP contribution is -2.11. The Morgan fingerprint density at radius 3 is 2.67 bits per heavy atom. The fraction of sp³-hybridized carbons (Fsp3) is 1.00. The molecule has 0 aliphatic rings. The van der Waals surface area contributed by atoms with Crippen molar-refractivity contribution < 1.29 is 14.9 Å². The van der Waals surface area contributed by atoms with Crippen LogP contribution in [0, 0.1) is 0 Å². The number of aliphatic hydroxyl groups is 2. The third-order valence-corrected chi connectivity index (χ3v) is 0.962. The first kappa shape index (κ1) is 8.88. The van der Waals surface area contributed by atoms with E-state index in [0.717, 1.165) is 0 Å². The van der Waals surface area contributed by atoms with Crippen molar-refractivity contribution in [3.8, 4) is 0 Å². The third kappa shape index (κ3) is 5.76. The normalized spacial score (nSPS) is 13.7. The van der Waals surface area contributed by atoms with Crippen molar-refractivity contribution in [2.24, 2.45) is 0 Å².